The summed E-state index contributed by atoms with van der Waals surface area (Å²) in [7, 11) is 1.83. The number of unbranched alkanes of at least 4 members (excludes halogenated alkanes) is 1. The molecular weight excluding hydrogens is 448 g/mol. The average Bonchev–Trinajstić information content (AvgIpc) is 2.82. The van der Waals surface area contributed by atoms with Crippen LogP contribution in [0.15, 0.2) is 53.8 Å². The highest BCUT2D eigenvalue weighted by molar-refractivity contribution is 7.98. The summed E-state index contributed by atoms with van der Waals surface area (Å²) in [6.45, 7) is 8.15. The molecule has 6 heteroatoms. The van der Waals surface area contributed by atoms with Gasteiger partial charge in [0.15, 0.2) is 0 Å². The maximum atomic E-state index is 9.38. The zero-order valence-electron chi connectivity index (χ0n) is 20.2. The molecule has 0 unspecified atom stereocenters. The normalized spacial score (nSPS) is 10.8. The van der Waals surface area contributed by atoms with Gasteiger partial charge in [-0.1, -0.05) is 37.1 Å². The van der Waals surface area contributed by atoms with Gasteiger partial charge in [0, 0.05) is 35.6 Å². The highest BCUT2D eigenvalue weighted by Gasteiger charge is 2.15. The van der Waals surface area contributed by atoms with E-state index in [1.165, 1.54) is 4.90 Å². The summed E-state index contributed by atoms with van der Waals surface area (Å²) in [5.41, 5.74) is 7.61. The topological polar surface area (TPSA) is 61.6 Å². The van der Waals surface area contributed by atoms with Gasteiger partial charge < -0.3 is 5.32 Å². The number of nitriles is 1. The molecule has 0 atom stereocenters. The Hall–Kier alpha value is -2.81. The number of allylic oxidation sites excluding steroid dienone is 1. The van der Waals surface area contributed by atoms with Crippen LogP contribution in [-0.4, -0.2) is 23.3 Å². The molecule has 0 aliphatic rings. The Morgan fingerprint density at radius 1 is 1.12 bits per heavy atom. The van der Waals surface area contributed by atoms with E-state index in [1.807, 2.05) is 45.5 Å². The second-order valence-electron chi connectivity index (χ2n) is 7.64. The van der Waals surface area contributed by atoms with Crippen LogP contribution >= 0.6 is 23.4 Å². The summed E-state index contributed by atoms with van der Waals surface area (Å²) in [5.74, 6) is 0. The quantitative estimate of drug-likeness (QED) is 0.369. The van der Waals surface area contributed by atoms with E-state index in [1.54, 1.807) is 24.2 Å². The van der Waals surface area contributed by atoms with Gasteiger partial charge in [-0.25, -0.2) is 0 Å². The van der Waals surface area contributed by atoms with Crippen molar-refractivity contribution in [2.24, 2.45) is 0 Å². The van der Waals surface area contributed by atoms with Crippen molar-refractivity contribution in [2.45, 2.75) is 45.4 Å². The van der Waals surface area contributed by atoms with Gasteiger partial charge in [0.05, 0.1) is 28.5 Å². The highest BCUT2D eigenvalue weighted by atomic mass is 35.5. The summed E-state index contributed by atoms with van der Waals surface area (Å²) in [5, 5.41) is 13.1. The van der Waals surface area contributed by atoms with Crippen LogP contribution in [0, 0.1) is 32.1 Å². The van der Waals surface area contributed by atoms with Gasteiger partial charge in [-0.3, -0.25) is 9.97 Å². The molecule has 0 bridgehead atoms. The summed E-state index contributed by atoms with van der Waals surface area (Å²) in [4.78, 5) is 9.66. The van der Waals surface area contributed by atoms with Gasteiger partial charge in [0.2, 0.25) is 0 Å². The molecule has 0 radical (unpaired) electrons. The third kappa shape index (κ3) is 7.08. The third-order valence-corrected chi connectivity index (χ3v) is 6.30. The minimum absolute atomic E-state index is 0.647. The third-order valence-electron chi connectivity index (χ3n) is 5.18. The van der Waals surface area contributed by atoms with Crippen LogP contribution in [0.1, 0.15) is 53.3 Å². The molecule has 0 saturated heterocycles. The first kappa shape index (κ1) is 26.4. The fourth-order valence-corrected chi connectivity index (χ4v) is 3.95. The van der Waals surface area contributed by atoms with Crippen LogP contribution in [0.4, 0.5) is 5.69 Å². The molecule has 1 N–H and O–H groups in total. The fraction of sp³-hybridized carbons (Fsp3) is 0.296. The van der Waals surface area contributed by atoms with Crippen LogP contribution in [0.2, 0.25) is 5.02 Å². The van der Waals surface area contributed by atoms with Crippen molar-refractivity contribution in [1.29, 1.82) is 5.26 Å². The minimum atomic E-state index is 0.647. The number of nitrogens with one attached hydrogen (secondary N) is 1. The van der Waals surface area contributed by atoms with E-state index in [2.05, 4.69) is 53.4 Å². The highest BCUT2D eigenvalue weighted by Crippen LogP contribution is 2.35. The van der Waals surface area contributed by atoms with Crippen molar-refractivity contribution in [1.82, 2.24) is 9.97 Å². The lowest BCUT2D eigenvalue weighted by atomic mass is 9.91. The van der Waals surface area contributed by atoms with Crippen molar-refractivity contribution in [3.05, 3.63) is 87.5 Å². The number of aryl methyl sites for hydroxylation is 3. The van der Waals surface area contributed by atoms with Gasteiger partial charge >= 0.3 is 0 Å². The van der Waals surface area contributed by atoms with Crippen molar-refractivity contribution < 1.29 is 0 Å². The van der Waals surface area contributed by atoms with Crippen molar-refractivity contribution >= 4 is 34.6 Å². The standard InChI is InChI=1S/C20H22ClN3.C7H9NS/c1-5-6-7-16(18-11-24-12-19(23-4)20(18)21)17-9-15(10-22)13(2)8-14(17)3;1-6-3-4-7(9-2)5-8-6/h7-9,11-12,23H,5-6H2,1-4H3;3-5H,1-2H3/b16-7+;. The SMILES string of the molecule is CCC/C=C(\c1cc(C#N)c(C)cc1C)c1cncc(NC)c1Cl.CSc1ccc(C)nc1. The van der Waals surface area contributed by atoms with E-state index < -0.39 is 0 Å². The summed E-state index contributed by atoms with van der Waals surface area (Å²) >= 11 is 8.30. The Bertz CT molecular complexity index is 1150. The van der Waals surface area contributed by atoms with E-state index in [-0.39, 0.29) is 0 Å². The Morgan fingerprint density at radius 3 is 2.45 bits per heavy atom. The van der Waals surface area contributed by atoms with Crippen LogP contribution in [0.25, 0.3) is 5.57 Å². The number of rotatable bonds is 6. The maximum absolute atomic E-state index is 9.38. The van der Waals surface area contributed by atoms with Gasteiger partial charge in [0.25, 0.3) is 0 Å². The summed E-state index contributed by atoms with van der Waals surface area (Å²) < 4.78 is 0. The molecule has 3 aromatic rings. The first-order valence-corrected chi connectivity index (χ1v) is 12.5. The van der Waals surface area contributed by atoms with Crippen molar-refractivity contribution in [3.8, 4) is 6.07 Å². The second kappa shape index (κ2) is 13.0. The molecule has 4 nitrogen and oxygen atoms in total. The van der Waals surface area contributed by atoms with Crippen LogP contribution in [0.3, 0.4) is 0 Å². The number of hydrogen-bond acceptors (Lipinski definition) is 5. The number of anilines is 1. The Balaban J connectivity index is 0.000000357. The van der Waals surface area contributed by atoms with Crippen LogP contribution in [0.5, 0.6) is 0 Å². The smallest absolute Gasteiger partial charge is 0.0994 e. The lowest BCUT2D eigenvalue weighted by Crippen LogP contribution is -1.99. The molecule has 0 fully saturated rings. The van der Waals surface area contributed by atoms with Crippen LogP contribution in [-0.2, 0) is 0 Å². The number of pyridine rings is 2. The molecule has 172 valence electrons. The van der Waals surface area contributed by atoms with E-state index in [9.17, 15) is 5.26 Å². The molecule has 0 aliphatic carbocycles. The second-order valence-corrected chi connectivity index (χ2v) is 8.90. The minimum Gasteiger partial charge on any atom is -0.386 e. The zero-order valence-corrected chi connectivity index (χ0v) is 21.7. The number of hydrogen-bond donors (Lipinski definition) is 1. The molecule has 2 heterocycles. The zero-order chi connectivity index (χ0) is 24.4. The first-order chi connectivity index (χ1) is 15.9. The molecule has 1 aromatic carbocycles. The van der Waals surface area contributed by atoms with Crippen molar-refractivity contribution in [3.63, 3.8) is 0 Å². The van der Waals surface area contributed by atoms with Gasteiger partial charge in [-0.2, -0.15) is 5.26 Å². The summed E-state index contributed by atoms with van der Waals surface area (Å²) in [6.07, 6.45) is 11.6. The van der Waals surface area contributed by atoms with E-state index in [0.29, 0.717) is 10.6 Å². The van der Waals surface area contributed by atoms with E-state index in [0.717, 1.165) is 52.0 Å². The Kier molecular flexibility index (Phi) is 10.4. The molecular formula is C27H31ClN4S. The molecule has 0 spiro atoms. The molecule has 0 aliphatic heterocycles. The molecule has 0 amide bonds. The Morgan fingerprint density at radius 2 is 1.88 bits per heavy atom. The molecule has 2 aromatic heterocycles. The van der Waals surface area contributed by atoms with Gasteiger partial charge in [0.1, 0.15) is 0 Å². The number of nitrogens with zero attached hydrogens (tertiary/aromatic N) is 3. The number of thioether (sulfide) groups is 1. The monoisotopic (exact) mass is 478 g/mol. The van der Waals surface area contributed by atoms with E-state index >= 15 is 0 Å². The molecule has 33 heavy (non-hydrogen) atoms. The molecule has 0 saturated carbocycles. The number of aromatic nitrogens is 2. The van der Waals surface area contributed by atoms with Gasteiger partial charge in [-0.15, -0.1) is 11.8 Å². The first-order valence-electron chi connectivity index (χ1n) is 10.9. The average molecular weight is 479 g/mol. The largest absolute Gasteiger partial charge is 0.386 e. The number of halogens is 1. The fourth-order valence-electron chi connectivity index (χ4n) is 3.30. The predicted octanol–water partition coefficient (Wildman–Crippen LogP) is 7.61. The van der Waals surface area contributed by atoms with Crippen LogP contribution < -0.4 is 5.32 Å². The molecule has 3 rings (SSSR count). The lowest BCUT2D eigenvalue weighted by Gasteiger charge is -2.16. The van der Waals surface area contributed by atoms with Crippen molar-refractivity contribution in [2.75, 3.05) is 18.6 Å². The van der Waals surface area contributed by atoms with Gasteiger partial charge in [-0.05, 0) is 73.9 Å². The number of benzene rings is 1. The summed E-state index contributed by atoms with van der Waals surface area (Å²) in [6, 6.07) is 10.4. The predicted molar refractivity (Wildman–Crippen MR) is 142 cm³/mol. The lowest BCUT2D eigenvalue weighted by molar-refractivity contribution is 0.959. The Labute approximate surface area is 207 Å². The maximum Gasteiger partial charge on any atom is 0.0994 e. The van der Waals surface area contributed by atoms with E-state index in [4.69, 9.17) is 11.6 Å².